The highest BCUT2D eigenvalue weighted by atomic mass is 32.1. The van der Waals surface area contributed by atoms with Gasteiger partial charge in [0, 0.05) is 11.4 Å². The van der Waals surface area contributed by atoms with Gasteiger partial charge in [0.2, 0.25) is 5.91 Å². The Labute approximate surface area is 125 Å². The van der Waals surface area contributed by atoms with Gasteiger partial charge < -0.3 is 5.32 Å². The Hall–Kier alpha value is -2.22. The fourth-order valence-electron chi connectivity index (χ4n) is 1.91. The zero-order chi connectivity index (χ0) is 15.4. The molecule has 1 fully saturated rings. The van der Waals surface area contributed by atoms with Crippen molar-refractivity contribution in [2.24, 2.45) is 0 Å². The van der Waals surface area contributed by atoms with Gasteiger partial charge in [0.15, 0.2) is 0 Å². The average Bonchev–Trinajstić information content (AvgIpc) is 3.04. The van der Waals surface area contributed by atoms with Crippen LogP contribution >= 0.6 is 11.3 Å². The van der Waals surface area contributed by atoms with E-state index in [1.807, 2.05) is 17.5 Å². The number of rotatable bonds is 6. The molecule has 112 valence electrons. The molecule has 0 aliphatic carbocycles. The maximum atomic E-state index is 11.9. The van der Waals surface area contributed by atoms with Gasteiger partial charge in [-0.3, -0.25) is 19.3 Å². The van der Waals surface area contributed by atoms with E-state index >= 15 is 0 Å². The van der Waals surface area contributed by atoms with Crippen molar-refractivity contribution in [2.45, 2.75) is 19.9 Å². The minimum atomic E-state index is -0.945. The van der Waals surface area contributed by atoms with Crippen molar-refractivity contribution in [1.29, 1.82) is 0 Å². The number of nitrogens with zero attached hydrogens (tertiary/aromatic N) is 2. The van der Waals surface area contributed by atoms with Crippen LogP contribution in [0.1, 0.15) is 18.2 Å². The molecule has 2 heterocycles. The molecular weight excluding hydrogens is 294 g/mol. The number of imide groups is 2. The molecule has 1 aromatic heterocycles. The molecule has 21 heavy (non-hydrogen) atoms. The molecule has 0 aromatic carbocycles. The van der Waals surface area contributed by atoms with E-state index in [2.05, 4.69) is 5.32 Å². The largest absolute Gasteiger partial charge is 0.350 e. The van der Waals surface area contributed by atoms with Crippen molar-refractivity contribution in [3.8, 4) is 0 Å². The summed E-state index contributed by atoms with van der Waals surface area (Å²) < 4.78 is 0. The van der Waals surface area contributed by atoms with Gasteiger partial charge in [-0.05, 0) is 17.9 Å². The van der Waals surface area contributed by atoms with Gasteiger partial charge in [-0.25, -0.2) is 9.69 Å². The number of urea groups is 1. The molecule has 2 rings (SSSR count). The summed E-state index contributed by atoms with van der Waals surface area (Å²) in [6.45, 7) is 1.87. The van der Waals surface area contributed by atoms with Gasteiger partial charge in [0.1, 0.15) is 6.54 Å². The van der Waals surface area contributed by atoms with E-state index in [-0.39, 0.29) is 6.54 Å². The molecule has 0 bridgehead atoms. The summed E-state index contributed by atoms with van der Waals surface area (Å²) in [6, 6.07) is 3.00. The first-order chi connectivity index (χ1) is 10.0. The van der Waals surface area contributed by atoms with Crippen molar-refractivity contribution in [2.75, 3.05) is 13.1 Å². The number of thiophene rings is 1. The standard InChI is InChI=1S/C13H15N3O4S/c1-2-5-15-11(18)12(19)16(13(15)20)8-10(17)14-7-9-4-3-6-21-9/h3-4,6H,2,5,7-8H2,1H3,(H,14,17). The number of nitrogens with one attached hydrogen (secondary N) is 1. The number of hydrogen-bond acceptors (Lipinski definition) is 5. The minimum absolute atomic E-state index is 0.177. The van der Waals surface area contributed by atoms with Crippen molar-refractivity contribution in [3.05, 3.63) is 22.4 Å². The maximum absolute atomic E-state index is 11.9. The Balaban J connectivity index is 1.92. The smallest absolute Gasteiger partial charge is 0.334 e. The lowest BCUT2D eigenvalue weighted by Crippen LogP contribution is -2.41. The van der Waals surface area contributed by atoms with E-state index in [0.29, 0.717) is 17.9 Å². The van der Waals surface area contributed by atoms with Crippen molar-refractivity contribution in [3.63, 3.8) is 0 Å². The van der Waals surface area contributed by atoms with Crippen LogP contribution in [-0.2, 0) is 20.9 Å². The summed E-state index contributed by atoms with van der Waals surface area (Å²) in [4.78, 5) is 49.5. The van der Waals surface area contributed by atoms with Crippen LogP contribution in [0.4, 0.5) is 4.79 Å². The Morgan fingerprint density at radius 1 is 1.24 bits per heavy atom. The molecule has 0 saturated carbocycles. The third kappa shape index (κ3) is 3.27. The van der Waals surface area contributed by atoms with Crippen LogP contribution in [-0.4, -0.2) is 46.6 Å². The Morgan fingerprint density at radius 3 is 2.57 bits per heavy atom. The van der Waals surface area contributed by atoms with E-state index in [9.17, 15) is 19.2 Å². The van der Waals surface area contributed by atoms with E-state index < -0.39 is 30.3 Å². The van der Waals surface area contributed by atoms with Crippen molar-refractivity contribution < 1.29 is 19.2 Å². The van der Waals surface area contributed by atoms with E-state index in [1.165, 1.54) is 11.3 Å². The van der Waals surface area contributed by atoms with E-state index in [1.54, 1.807) is 6.92 Å². The number of amides is 5. The fraction of sp³-hybridized carbons (Fsp3) is 0.385. The van der Waals surface area contributed by atoms with Crippen molar-refractivity contribution in [1.82, 2.24) is 15.1 Å². The third-order valence-corrected chi connectivity index (χ3v) is 3.80. The molecule has 1 aliphatic rings. The molecular formula is C13H15N3O4S. The quantitative estimate of drug-likeness (QED) is 0.614. The first-order valence-electron chi connectivity index (χ1n) is 6.51. The lowest BCUT2D eigenvalue weighted by molar-refractivity contribution is -0.144. The lowest BCUT2D eigenvalue weighted by Gasteiger charge is -2.14. The molecule has 1 saturated heterocycles. The maximum Gasteiger partial charge on any atom is 0.334 e. The molecule has 1 aliphatic heterocycles. The Bertz CT molecular complexity index is 570. The fourth-order valence-corrected chi connectivity index (χ4v) is 2.55. The summed E-state index contributed by atoms with van der Waals surface area (Å²) in [5.74, 6) is -2.29. The molecule has 0 spiro atoms. The summed E-state index contributed by atoms with van der Waals surface area (Å²) in [6.07, 6.45) is 0.559. The molecule has 1 aromatic rings. The zero-order valence-corrected chi connectivity index (χ0v) is 12.3. The van der Waals surface area contributed by atoms with Gasteiger partial charge in [0.25, 0.3) is 0 Å². The highest BCUT2D eigenvalue weighted by Gasteiger charge is 2.44. The van der Waals surface area contributed by atoms with Gasteiger partial charge in [0.05, 0.1) is 6.54 Å². The predicted octanol–water partition coefficient (Wildman–Crippen LogP) is 0.565. The first kappa shape index (κ1) is 15.2. The van der Waals surface area contributed by atoms with Gasteiger partial charge in [-0.2, -0.15) is 0 Å². The van der Waals surface area contributed by atoms with Crippen LogP contribution in [0.5, 0.6) is 0 Å². The monoisotopic (exact) mass is 309 g/mol. The molecule has 0 atom stereocenters. The number of carbonyl (C=O) groups excluding carboxylic acids is 4. The third-order valence-electron chi connectivity index (χ3n) is 2.92. The molecule has 8 heteroatoms. The summed E-state index contributed by atoms with van der Waals surface area (Å²) >= 11 is 1.49. The Morgan fingerprint density at radius 2 is 1.95 bits per heavy atom. The summed E-state index contributed by atoms with van der Waals surface area (Å²) in [5.41, 5.74) is 0. The normalized spacial score (nSPS) is 15.0. The molecule has 7 nitrogen and oxygen atoms in total. The SMILES string of the molecule is CCCN1C(=O)C(=O)N(CC(=O)NCc2cccs2)C1=O. The van der Waals surface area contributed by atoms with Crippen LogP contribution in [0.25, 0.3) is 0 Å². The van der Waals surface area contributed by atoms with Crippen LogP contribution in [0, 0.1) is 0 Å². The van der Waals surface area contributed by atoms with Gasteiger partial charge in [-0.1, -0.05) is 13.0 Å². The van der Waals surface area contributed by atoms with Crippen LogP contribution in [0.2, 0.25) is 0 Å². The molecule has 0 unspecified atom stereocenters. The molecule has 5 amide bonds. The number of carbonyl (C=O) groups is 4. The van der Waals surface area contributed by atoms with Crippen LogP contribution < -0.4 is 5.32 Å². The second kappa shape index (κ2) is 6.49. The summed E-state index contributed by atoms with van der Waals surface area (Å²) in [7, 11) is 0. The van der Waals surface area contributed by atoms with Crippen LogP contribution in [0.15, 0.2) is 17.5 Å². The highest BCUT2D eigenvalue weighted by molar-refractivity contribution is 7.09. The topological polar surface area (TPSA) is 86.8 Å². The highest BCUT2D eigenvalue weighted by Crippen LogP contribution is 2.12. The molecule has 0 radical (unpaired) electrons. The van der Waals surface area contributed by atoms with Crippen molar-refractivity contribution >= 4 is 35.1 Å². The Kier molecular flexibility index (Phi) is 4.69. The number of hydrogen-bond donors (Lipinski definition) is 1. The second-order valence-corrected chi connectivity index (χ2v) is 5.52. The minimum Gasteiger partial charge on any atom is -0.350 e. The molecule has 1 N–H and O–H groups in total. The lowest BCUT2D eigenvalue weighted by atomic mass is 10.4. The van der Waals surface area contributed by atoms with E-state index in [0.717, 1.165) is 9.78 Å². The predicted molar refractivity (Wildman–Crippen MR) is 75.3 cm³/mol. The van der Waals surface area contributed by atoms with Gasteiger partial charge in [-0.15, -0.1) is 11.3 Å². The van der Waals surface area contributed by atoms with E-state index in [4.69, 9.17) is 0 Å². The first-order valence-corrected chi connectivity index (χ1v) is 7.39. The van der Waals surface area contributed by atoms with Gasteiger partial charge >= 0.3 is 17.8 Å². The zero-order valence-electron chi connectivity index (χ0n) is 11.5. The summed E-state index contributed by atoms with van der Waals surface area (Å²) in [5, 5.41) is 4.50. The second-order valence-electron chi connectivity index (χ2n) is 4.49. The average molecular weight is 309 g/mol. The van der Waals surface area contributed by atoms with Crippen LogP contribution in [0.3, 0.4) is 0 Å².